The molecular weight excluding hydrogens is 408 g/mol. The number of nitrogens with zero attached hydrogens (tertiary/aromatic N) is 4. The highest BCUT2D eigenvalue weighted by atomic mass is 35.5. The van der Waals surface area contributed by atoms with Crippen LogP contribution in [-0.4, -0.2) is 37.6 Å². The summed E-state index contributed by atoms with van der Waals surface area (Å²) in [7, 11) is 0. The van der Waals surface area contributed by atoms with Crippen molar-refractivity contribution in [1.82, 2.24) is 15.0 Å². The highest BCUT2D eigenvalue weighted by Crippen LogP contribution is 2.31. The molecular formula is C20H21ClN6O3. The lowest BCUT2D eigenvalue weighted by atomic mass is 10.1. The molecule has 0 unspecified atom stereocenters. The quantitative estimate of drug-likeness (QED) is 0.358. The van der Waals surface area contributed by atoms with E-state index < -0.39 is 4.92 Å². The minimum atomic E-state index is -0.498. The fourth-order valence-corrected chi connectivity index (χ4v) is 2.90. The van der Waals surface area contributed by atoms with Crippen molar-refractivity contribution in [2.24, 2.45) is 5.92 Å². The van der Waals surface area contributed by atoms with E-state index in [-0.39, 0.29) is 35.9 Å². The van der Waals surface area contributed by atoms with Crippen molar-refractivity contribution < 1.29 is 10.0 Å². The summed E-state index contributed by atoms with van der Waals surface area (Å²) in [5, 5.41) is 27.5. The fourth-order valence-electron chi connectivity index (χ4n) is 2.73. The second-order valence-corrected chi connectivity index (χ2v) is 7.36. The van der Waals surface area contributed by atoms with Crippen LogP contribution < -0.4 is 10.6 Å². The molecule has 3 N–H and O–H groups in total. The van der Waals surface area contributed by atoms with E-state index in [0.29, 0.717) is 16.5 Å². The Labute approximate surface area is 178 Å². The molecule has 1 aromatic carbocycles. The third-order valence-electron chi connectivity index (χ3n) is 4.42. The number of aliphatic hydroxyl groups is 1. The van der Waals surface area contributed by atoms with Crippen LogP contribution in [0.5, 0.6) is 0 Å². The largest absolute Gasteiger partial charge is 0.394 e. The lowest BCUT2D eigenvalue weighted by Gasteiger charge is -2.20. The fraction of sp³-hybridized carbons (Fsp3) is 0.250. The SMILES string of the molecule is CC(C)[C@@H](CO)Nc1nc(Nc2cc(Cl)ccc2[N+](=O)[O-])cc(-c2cccnc2)n1. The van der Waals surface area contributed by atoms with Crippen molar-refractivity contribution in [3.8, 4) is 11.3 Å². The molecule has 9 nitrogen and oxygen atoms in total. The Morgan fingerprint density at radius 2 is 2.03 bits per heavy atom. The molecule has 2 heterocycles. The summed E-state index contributed by atoms with van der Waals surface area (Å²) < 4.78 is 0. The van der Waals surface area contributed by atoms with Crippen LogP contribution in [0.1, 0.15) is 13.8 Å². The lowest BCUT2D eigenvalue weighted by molar-refractivity contribution is -0.383. The van der Waals surface area contributed by atoms with Gasteiger partial charge in [-0.2, -0.15) is 4.98 Å². The van der Waals surface area contributed by atoms with E-state index in [9.17, 15) is 15.2 Å². The minimum Gasteiger partial charge on any atom is -0.394 e. The first kappa shape index (κ1) is 21.4. The molecule has 156 valence electrons. The van der Waals surface area contributed by atoms with Crippen LogP contribution in [0.3, 0.4) is 0 Å². The number of nitro benzene ring substituents is 1. The summed E-state index contributed by atoms with van der Waals surface area (Å²) in [6.45, 7) is 3.83. The molecule has 1 atom stereocenters. The van der Waals surface area contributed by atoms with E-state index in [1.165, 1.54) is 18.2 Å². The first-order chi connectivity index (χ1) is 14.4. The van der Waals surface area contributed by atoms with Crippen LogP contribution >= 0.6 is 11.6 Å². The van der Waals surface area contributed by atoms with Gasteiger partial charge in [-0.3, -0.25) is 15.1 Å². The van der Waals surface area contributed by atoms with Crippen LogP contribution in [0.2, 0.25) is 5.02 Å². The molecule has 3 rings (SSSR count). The number of anilines is 3. The van der Waals surface area contributed by atoms with E-state index in [2.05, 4.69) is 25.6 Å². The minimum absolute atomic E-state index is 0.0966. The highest BCUT2D eigenvalue weighted by Gasteiger charge is 2.18. The van der Waals surface area contributed by atoms with E-state index >= 15 is 0 Å². The average molecular weight is 429 g/mol. The number of halogens is 1. The monoisotopic (exact) mass is 428 g/mol. The number of nitro groups is 1. The third kappa shape index (κ3) is 5.19. The lowest BCUT2D eigenvalue weighted by Crippen LogP contribution is -2.30. The highest BCUT2D eigenvalue weighted by molar-refractivity contribution is 6.31. The molecule has 0 bridgehead atoms. The van der Waals surface area contributed by atoms with Gasteiger partial charge in [0.2, 0.25) is 5.95 Å². The van der Waals surface area contributed by atoms with Crippen molar-refractivity contribution in [2.45, 2.75) is 19.9 Å². The van der Waals surface area contributed by atoms with Crippen molar-refractivity contribution in [2.75, 3.05) is 17.2 Å². The summed E-state index contributed by atoms with van der Waals surface area (Å²) in [4.78, 5) is 23.9. The molecule has 0 saturated carbocycles. The Kier molecular flexibility index (Phi) is 6.76. The number of nitrogens with one attached hydrogen (secondary N) is 2. The summed E-state index contributed by atoms with van der Waals surface area (Å²) in [6, 6.07) is 9.27. The molecule has 0 aliphatic heterocycles. The normalized spacial score (nSPS) is 11.9. The standard InChI is InChI=1S/C20H21ClN6O3/c1-12(2)17(11-28)25-20-24-15(13-4-3-7-22-10-13)9-19(26-20)23-16-8-14(21)5-6-18(16)27(29)30/h3-10,12,17,28H,11H2,1-2H3,(H2,23,24,25,26)/t17-/m1/s1. The van der Waals surface area contributed by atoms with Gasteiger partial charge in [-0.05, 0) is 30.2 Å². The molecule has 0 aliphatic carbocycles. The Morgan fingerprint density at radius 3 is 2.67 bits per heavy atom. The molecule has 30 heavy (non-hydrogen) atoms. The van der Waals surface area contributed by atoms with Gasteiger partial charge < -0.3 is 15.7 Å². The van der Waals surface area contributed by atoms with Crippen molar-refractivity contribution >= 4 is 34.7 Å². The van der Waals surface area contributed by atoms with Gasteiger partial charge in [0.15, 0.2) is 0 Å². The second kappa shape index (κ2) is 9.47. The van der Waals surface area contributed by atoms with Gasteiger partial charge in [0, 0.05) is 35.1 Å². The Morgan fingerprint density at radius 1 is 1.23 bits per heavy atom. The van der Waals surface area contributed by atoms with Gasteiger partial charge in [0.25, 0.3) is 5.69 Å². The maximum atomic E-state index is 11.4. The molecule has 0 radical (unpaired) electrons. The zero-order valence-corrected chi connectivity index (χ0v) is 17.2. The van der Waals surface area contributed by atoms with Crippen molar-refractivity contribution in [3.05, 3.63) is 63.9 Å². The van der Waals surface area contributed by atoms with E-state index in [4.69, 9.17) is 11.6 Å². The Hall–Kier alpha value is -3.30. The molecule has 10 heteroatoms. The number of aliphatic hydroxyl groups excluding tert-OH is 1. The predicted octanol–water partition coefficient (Wildman–Crippen LogP) is 4.27. The van der Waals surface area contributed by atoms with Crippen molar-refractivity contribution in [1.29, 1.82) is 0 Å². The van der Waals surface area contributed by atoms with Gasteiger partial charge in [0.05, 0.1) is 23.3 Å². The van der Waals surface area contributed by atoms with Gasteiger partial charge in [0.1, 0.15) is 11.5 Å². The van der Waals surface area contributed by atoms with E-state index in [1.807, 2.05) is 19.9 Å². The maximum Gasteiger partial charge on any atom is 0.292 e. The zero-order valence-electron chi connectivity index (χ0n) is 16.4. The smallest absolute Gasteiger partial charge is 0.292 e. The number of pyridine rings is 1. The summed E-state index contributed by atoms with van der Waals surface area (Å²) in [5.41, 5.74) is 1.38. The zero-order chi connectivity index (χ0) is 21.7. The predicted molar refractivity (Wildman–Crippen MR) is 116 cm³/mol. The first-order valence-electron chi connectivity index (χ1n) is 9.25. The molecule has 0 amide bonds. The maximum absolute atomic E-state index is 11.4. The van der Waals surface area contributed by atoms with Crippen molar-refractivity contribution in [3.63, 3.8) is 0 Å². The Balaban J connectivity index is 2.04. The number of aromatic nitrogens is 3. The van der Waals surface area contributed by atoms with E-state index in [0.717, 1.165) is 5.56 Å². The molecule has 0 aliphatic rings. The number of hydrogen-bond donors (Lipinski definition) is 3. The molecule has 2 aromatic heterocycles. The Bertz CT molecular complexity index is 1030. The van der Waals surface area contributed by atoms with Crippen LogP contribution in [0, 0.1) is 16.0 Å². The summed E-state index contributed by atoms with van der Waals surface area (Å²) in [5.74, 6) is 0.736. The van der Waals surface area contributed by atoms with Crippen LogP contribution in [-0.2, 0) is 0 Å². The average Bonchev–Trinajstić information content (AvgIpc) is 2.72. The van der Waals surface area contributed by atoms with Crippen LogP contribution in [0.15, 0.2) is 48.8 Å². The first-order valence-corrected chi connectivity index (χ1v) is 9.63. The number of benzene rings is 1. The number of hydrogen-bond acceptors (Lipinski definition) is 8. The van der Waals surface area contributed by atoms with Gasteiger partial charge in [-0.15, -0.1) is 0 Å². The van der Waals surface area contributed by atoms with Crippen LogP contribution in [0.4, 0.5) is 23.1 Å². The second-order valence-electron chi connectivity index (χ2n) is 6.92. The molecule has 0 saturated heterocycles. The topological polar surface area (TPSA) is 126 Å². The molecule has 0 spiro atoms. The van der Waals surface area contributed by atoms with Gasteiger partial charge >= 0.3 is 0 Å². The van der Waals surface area contributed by atoms with E-state index in [1.54, 1.807) is 24.5 Å². The molecule has 0 fully saturated rings. The van der Waals surface area contributed by atoms with Gasteiger partial charge in [-0.25, -0.2) is 4.98 Å². The molecule has 3 aromatic rings. The van der Waals surface area contributed by atoms with Gasteiger partial charge in [-0.1, -0.05) is 25.4 Å². The van der Waals surface area contributed by atoms with Crippen LogP contribution in [0.25, 0.3) is 11.3 Å². The third-order valence-corrected chi connectivity index (χ3v) is 4.65. The number of rotatable bonds is 8. The summed E-state index contributed by atoms with van der Waals surface area (Å²) in [6.07, 6.45) is 3.31. The summed E-state index contributed by atoms with van der Waals surface area (Å²) >= 11 is 6.02.